The van der Waals surface area contributed by atoms with E-state index < -0.39 is 12.1 Å². The summed E-state index contributed by atoms with van der Waals surface area (Å²) in [6.45, 7) is 6.27. The highest BCUT2D eigenvalue weighted by Gasteiger charge is 2.28. The van der Waals surface area contributed by atoms with Crippen molar-refractivity contribution in [2.75, 3.05) is 26.2 Å². The van der Waals surface area contributed by atoms with Crippen LogP contribution in [-0.2, 0) is 16.0 Å². The standard InChI is InChI=1S/C23H34N4O3/c1-17-8-6-7-9-19(17)16-21(28)27-14-12-26(13-15-27)18(2)22(29)25-23(30)24-20-10-4-3-5-11-20/h6-9,18,20H,3-5,10-16H2,1-2H3,(H2,24,25,29,30). The summed E-state index contributed by atoms with van der Waals surface area (Å²) in [4.78, 5) is 41.2. The van der Waals surface area contributed by atoms with Crippen molar-refractivity contribution >= 4 is 17.8 Å². The van der Waals surface area contributed by atoms with Crippen LogP contribution in [0, 0.1) is 6.92 Å². The van der Waals surface area contributed by atoms with E-state index in [1.807, 2.05) is 47.9 Å². The van der Waals surface area contributed by atoms with Crippen LogP contribution in [0.3, 0.4) is 0 Å². The second kappa shape index (κ2) is 10.6. The van der Waals surface area contributed by atoms with Crippen molar-refractivity contribution in [1.29, 1.82) is 0 Å². The molecule has 7 nitrogen and oxygen atoms in total. The minimum absolute atomic E-state index is 0.118. The monoisotopic (exact) mass is 414 g/mol. The Labute approximate surface area is 179 Å². The van der Waals surface area contributed by atoms with E-state index in [9.17, 15) is 14.4 Å². The van der Waals surface area contributed by atoms with Crippen molar-refractivity contribution in [3.05, 3.63) is 35.4 Å². The molecule has 4 amide bonds. The summed E-state index contributed by atoms with van der Waals surface area (Å²) in [7, 11) is 0. The number of aryl methyl sites for hydroxylation is 1. The molecule has 1 aromatic rings. The normalized spacial score (nSPS) is 19.2. The number of carbonyl (C=O) groups is 3. The van der Waals surface area contributed by atoms with Gasteiger partial charge in [0.2, 0.25) is 11.8 Å². The largest absolute Gasteiger partial charge is 0.340 e. The highest BCUT2D eigenvalue weighted by atomic mass is 16.2. The maximum absolute atomic E-state index is 12.6. The van der Waals surface area contributed by atoms with E-state index >= 15 is 0 Å². The van der Waals surface area contributed by atoms with Gasteiger partial charge < -0.3 is 10.2 Å². The van der Waals surface area contributed by atoms with Crippen LogP contribution in [0.4, 0.5) is 4.79 Å². The van der Waals surface area contributed by atoms with Gasteiger partial charge in [-0.1, -0.05) is 43.5 Å². The predicted molar refractivity (Wildman–Crippen MR) is 116 cm³/mol. The molecule has 0 bridgehead atoms. The summed E-state index contributed by atoms with van der Waals surface area (Å²) in [6.07, 6.45) is 5.84. The molecule has 1 aliphatic carbocycles. The van der Waals surface area contributed by atoms with Crippen molar-refractivity contribution in [2.24, 2.45) is 0 Å². The maximum Gasteiger partial charge on any atom is 0.321 e. The zero-order valence-corrected chi connectivity index (χ0v) is 18.2. The molecule has 164 valence electrons. The number of carbonyl (C=O) groups excluding carboxylic acids is 3. The van der Waals surface area contributed by atoms with Crippen LogP contribution in [-0.4, -0.2) is 65.9 Å². The zero-order chi connectivity index (χ0) is 21.5. The number of piperazine rings is 1. The van der Waals surface area contributed by atoms with Gasteiger partial charge in [-0.25, -0.2) is 4.79 Å². The third-order valence-corrected chi connectivity index (χ3v) is 6.37. The molecule has 1 atom stereocenters. The summed E-state index contributed by atoms with van der Waals surface area (Å²) >= 11 is 0. The van der Waals surface area contributed by atoms with Gasteiger partial charge in [0.05, 0.1) is 12.5 Å². The molecule has 2 N–H and O–H groups in total. The lowest BCUT2D eigenvalue weighted by Crippen LogP contribution is -2.57. The van der Waals surface area contributed by atoms with Gasteiger partial charge in [0.1, 0.15) is 0 Å². The first-order valence-electron chi connectivity index (χ1n) is 11.1. The molecule has 1 aliphatic heterocycles. The number of nitrogens with one attached hydrogen (secondary N) is 2. The van der Waals surface area contributed by atoms with E-state index in [2.05, 4.69) is 10.6 Å². The molecule has 0 radical (unpaired) electrons. The summed E-state index contributed by atoms with van der Waals surface area (Å²) in [5.41, 5.74) is 2.18. The van der Waals surface area contributed by atoms with Gasteiger partial charge in [-0.15, -0.1) is 0 Å². The summed E-state index contributed by atoms with van der Waals surface area (Å²) in [5.74, 6) is -0.170. The average molecular weight is 415 g/mol. The average Bonchev–Trinajstić information content (AvgIpc) is 2.75. The molecule has 1 unspecified atom stereocenters. The molecular weight excluding hydrogens is 380 g/mol. The first-order valence-corrected chi connectivity index (χ1v) is 11.1. The Balaban J connectivity index is 1.42. The molecule has 1 aromatic carbocycles. The van der Waals surface area contributed by atoms with E-state index in [4.69, 9.17) is 0 Å². The Morgan fingerprint density at radius 2 is 1.70 bits per heavy atom. The Kier molecular flexibility index (Phi) is 7.85. The number of hydrogen-bond donors (Lipinski definition) is 2. The van der Waals surface area contributed by atoms with E-state index in [1.54, 1.807) is 0 Å². The minimum Gasteiger partial charge on any atom is -0.340 e. The molecule has 1 saturated carbocycles. The van der Waals surface area contributed by atoms with Gasteiger partial charge in [0.15, 0.2) is 0 Å². The fraction of sp³-hybridized carbons (Fsp3) is 0.609. The second-order valence-electron chi connectivity index (χ2n) is 8.49. The number of hydrogen-bond acceptors (Lipinski definition) is 4. The zero-order valence-electron chi connectivity index (χ0n) is 18.2. The third-order valence-electron chi connectivity index (χ3n) is 6.37. The topological polar surface area (TPSA) is 81.8 Å². The van der Waals surface area contributed by atoms with Crippen molar-refractivity contribution in [3.63, 3.8) is 0 Å². The smallest absolute Gasteiger partial charge is 0.321 e. The SMILES string of the molecule is Cc1ccccc1CC(=O)N1CCN(C(C)C(=O)NC(=O)NC2CCCCC2)CC1. The van der Waals surface area contributed by atoms with Gasteiger partial charge in [0.25, 0.3) is 0 Å². The summed E-state index contributed by atoms with van der Waals surface area (Å²) < 4.78 is 0. The Morgan fingerprint density at radius 1 is 1.03 bits per heavy atom. The van der Waals surface area contributed by atoms with E-state index in [0.29, 0.717) is 32.6 Å². The molecule has 1 saturated heterocycles. The van der Waals surface area contributed by atoms with Gasteiger partial charge in [-0.3, -0.25) is 19.8 Å². The summed E-state index contributed by atoms with van der Waals surface area (Å²) in [5, 5.41) is 5.40. The van der Waals surface area contributed by atoms with Crippen LogP contribution in [0.25, 0.3) is 0 Å². The Morgan fingerprint density at radius 3 is 2.37 bits per heavy atom. The third kappa shape index (κ3) is 6.05. The van der Waals surface area contributed by atoms with Gasteiger partial charge in [-0.2, -0.15) is 0 Å². The van der Waals surface area contributed by atoms with Gasteiger partial charge >= 0.3 is 6.03 Å². The van der Waals surface area contributed by atoms with Crippen LogP contribution in [0.1, 0.15) is 50.2 Å². The van der Waals surface area contributed by atoms with Crippen molar-refractivity contribution < 1.29 is 14.4 Å². The quantitative estimate of drug-likeness (QED) is 0.774. The fourth-order valence-corrected chi connectivity index (χ4v) is 4.29. The minimum atomic E-state index is -0.407. The molecule has 0 spiro atoms. The lowest BCUT2D eigenvalue weighted by molar-refractivity contribution is -0.133. The van der Waals surface area contributed by atoms with Gasteiger partial charge in [-0.05, 0) is 37.8 Å². The second-order valence-corrected chi connectivity index (χ2v) is 8.49. The highest BCUT2D eigenvalue weighted by Crippen LogP contribution is 2.17. The molecule has 2 fully saturated rings. The molecule has 30 heavy (non-hydrogen) atoms. The predicted octanol–water partition coefficient (Wildman–Crippen LogP) is 2.23. The van der Waals surface area contributed by atoms with Crippen molar-refractivity contribution in [2.45, 2.75) is 64.5 Å². The maximum atomic E-state index is 12.6. The lowest BCUT2D eigenvalue weighted by atomic mass is 9.96. The molecular formula is C23H34N4O3. The van der Waals surface area contributed by atoms with E-state index in [-0.39, 0.29) is 17.9 Å². The molecule has 3 rings (SSSR count). The van der Waals surface area contributed by atoms with E-state index in [0.717, 1.165) is 36.8 Å². The highest BCUT2D eigenvalue weighted by molar-refractivity contribution is 5.96. The number of nitrogens with zero attached hydrogens (tertiary/aromatic N) is 2. The number of benzene rings is 1. The van der Waals surface area contributed by atoms with E-state index in [1.165, 1.54) is 6.42 Å². The van der Waals surface area contributed by atoms with Crippen molar-refractivity contribution in [3.8, 4) is 0 Å². The number of urea groups is 1. The van der Waals surface area contributed by atoms with Crippen LogP contribution in [0.5, 0.6) is 0 Å². The van der Waals surface area contributed by atoms with Crippen LogP contribution < -0.4 is 10.6 Å². The Hall–Kier alpha value is -2.41. The first kappa shape index (κ1) is 22.3. The Bertz CT molecular complexity index is 753. The molecule has 2 aliphatic rings. The molecule has 0 aromatic heterocycles. The fourth-order valence-electron chi connectivity index (χ4n) is 4.29. The number of imide groups is 1. The number of amides is 4. The summed E-state index contributed by atoms with van der Waals surface area (Å²) in [6, 6.07) is 7.31. The lowest BCUT2D eigenvalue weighted by Gasteiger charge is -2.37. The molecule has 7 heteroatoms. The van der Waals surface area contributed by atoms with Crippen LogP contribution in [0.15, 0.2) is 24.3 Å². The van der Waals surface area contributed by atoms with Crippen molar-refractivity contribution in [1.82, 2.24) is 20.4 Å². The number of rotatable bonds is 5. The first-order chi connectivity index (χ1) is 14.4. The van der Waals surface area contributed by atoms with Crippen LogP contribution in [0.2, 0.25) is 0 Å². The van der Waals surface area contributed by atoms with Crippen LogP contribution >= 0.6 is 0 Å². The molecule has 1 heterocycles. The van der Waals surface area contributed by atoms with Gasteiger partial charge in [0, 0.05) is 32.2 Å².